The highest BCUT2D eigenvalue weighted by Gasteiger charge is 2.55. The second-order valence-corrected chi connectivity index (χ2v) is 5.19. The lowest BCUT2D eigenvalue weighted by molar-refractivity contribution is -0.152. The molecular formula is C14H12N4O4S. The second-order valence-electron chi connectivity index (χ2n) is 4.78. The Morgan fingerprint density at radius 2 is 2.26 bits per heavy atom. The number of Topliss-reactive ketones (excluding diaryl/α,β-unsaturated/α-hetero) is 1. The normalized spacial score (nSPS) is 23.2. The zero-order chi connectivity index (χ0) is 17.0. The van der Waals surface area contributed by atoms with Gasteiger partial charge in [0.2, 0.25) is 5.91 Å². The van der Waals surface area contributed by atoms with E-state index in [-0.39, 0.29) is 10.8 Å². The van der Waals surface area contributed by atoms with Crippen molar-refractivity contribution in [1.29, 1.82) is 5.26 Å². The van der Waals surface area contributed by atoms with Crippen LogP contribution in [0.25, 0.3) is 0 Å². The number of amides is 1. The topological polar surface area (TPSA) is 121 Å². The molecule has 0 spiro atoms. The monoisotopic (exact) mass is 332 g/mol. The molecule has 9 heteroatoms. The van der Waals surface area contributed by atoms with Gasteiger partial charge in [0.25, 0.3) is 0 Å². The summed E-state index contributed by atoms with van der Waals surface area (Å²) in [5.74, 6) is -3.70. The van der Waals surface area contributed by atoms with E-state index in [2.05, 4.69) is 15.6 Å². The molecule has 2 N–H and O–H groups in total. The molecule has 0 aliphatic carbocycles. The second kappa shape index (κ2) is 6.50. The third-order valence-corrected chi connectivity index (χ3v) is 3.60. The van der Waals surface area contributed by atoms with Crippen molar-refractivity contribution in [3.63, 3.8) is 0 Å². The minimum Gasteiger partial charge on any atom is -0.467 e. The maximum Gasteiger partial charge on any atom is 0.334 e. The van der Waals surface area contributed by atoms with Gasteiger partial charge in [-0.25, -0.2) is 4.79 Å². The molecule has 1 aliphatic heterocycles. The molecule has 0 radical (unpaired) electrons. The van der Waals surface area contributed by atoms with Crippen LogP contribution in [0.15, 0.2) is 24.4 Å². The molecule has 1 saturated heterocycles. The van der Waals surface area contributed by atoms with E-state index >= 15 is 0 Å². The standard InChI is InChI=1S/C14H12N4O4S/c1-22-12(21)14(6-10(19)9-4-2-3-5-16-9)8(7-15)11(20)17-13(23)18-14/h2-5,8H,6H2,1H3,(H2,17,18,20,23). The maximum atomic E-state index is 12.4. The number of ether oxygens (including phenoxy) is 1. The molecule has 0 saturated carbocycles. The van der Waals surface area contributed by atoms with E-state index in [0.717, 1.165) is 7.11 Å². The summed E-state index contributed by atoms with van der Waals surface area (Å²) in [6, 6.07) is 6.44. The molecular weight excluding hydrogens is 320 g/mol. The first-order chi connectivity index (χ1) is 10.9. The fourth-order valence-corrected chi connectivity index (χ4v) is 2.61. The third kappa shape index (κ3) is 3.02. The summed E-state index contributed by atoms with van der Waals surface area (Å²) in [5.41, 5.74) is -1.79. The Kier molecular flexibility index (Phi) is 4.66. The van der Waals surface area contributed by atoms with Crippen LogP contribution in [0.2, 0.25) is 0 Å². The van der Waals surface area contributed by atoms with Gasteiger partial charge in [-0.3, -0.25) is 14.6 Å². The lowest BCUT2D eigenvalue weighted by atomic mass is 9.78. The van der Waals surface area contributed by atoms with Gasteiger partial charge in [0.05, 0.1) is 13.2 Å². The van der Waals surface area contributed by atoms with E-state index in [1.54, 1.807) is 18.2 Å². The van der Waals surface area contributed by atoms with Crippen molar-refractivity contribution in [1.82, 2.24) is 15.6 Å². The zero-order valence-electron chi connectivity index (χ0n) is 12.0. The van der Waals surface area contributed by atoms with Crippen molar-refractivity contribution in [2.24, 2.45) is 5.92 Å². The van der Waals surface area contributed by atoms with Crippen LogP contribution >= 0.6 is 12.2 Å². The fourth-order valence-electron chi connectivity index (χ4n) is 2.32. The molecule has 2 unspecified atom stereocenters. The first-order valence-electron chi connectivity index (χ1n) is 6.50. The molecule has 2 rings (SSSR count). The predicted molar refractivity (Wildman–Crippen MR) is 80.9 cm³/mol. The number of carbonyl (C=O) groups excluding carboxylic acids is 3. The van der Waals surface area contributed by atoms with E-state index < -0.39 is 35.5 Å². The van der Waals surface area contributed by atoms with E-state index in [4.69, 9.17) is 17.0 Å². The van der Waals surface area contributed by atoms with Gasteiger partial charge in [0.15, 0.2) is 22.4 Å². The van der Waals surface area contributed by atoms with Crippen molar-refractivity contribution in [3.05, 3.63) is 30.1 Å². The van der Waals surface area contributed by atoms with Crippen molar-refractivity contribution < 1.29 is 19.1 Å². The molecule has 118 valence electrons. The molecule has 1 amide bonds. The van der Waals surface area contributed by atoms with Crippen molar-refractivity contribution in [2.45, 2.75) is 12.0 Å². The van der Waals surface area contributed by atoms with Crippen molar-refractivity contribution in [3.8, 4) is 6.07 Å². The minimum absolute atomic E-state index is 0.103. The third-order valence-electron chi connectivity index (χ3n) is 3.40. The highest BCUT2D eigenvalue weighted by molar-refractivity contribution is 7.80. The number of nitriles is 1. The van der Waals surface area contributed by atoms with Crippen LogP contribution in [-0.4, -0.2) is 40.4 Å². The molecule has 2 heterocycles. The van der Waals surface area contributed by atoms with Crippen molar-refractivity contribution in [2.75, 3.05) is 7.11 Å². The Balaban J connectivity index is 2.45. The molecule has 1 aromatic rings. The average Bonchev–Trinajstić information content (AvgIpc) is 2.54. The molecule has 2 atom stereocenters. The first kappa shape index (κ1) is 16.5. The number of carbonyl (C=O) groups is 3. The number of hydrogen-bond acceptors (Lipinski definition) is 7. The van der Waals surface area contributed by atoms with Gasteiger partial charge in [-0.15, -0.1) is 0 Å². The predicted octanol–water partition coefficient (Wildman–Crippen LogP) is -0.290. The Hall–Kier alpha value is -2.86. The molecule has 1 aromatic heterocycles. The number of methoxy groups -OCH3 is 1. The Morgan fingerprint density at radius 1 is 1.52 bits per heavy atom. The van der Waals surface area contributed by atoms with E-state index in [1.165, 1.54) is 12.3 Å². The zero-order valence-corrected chi connectivity index (χ0v) is 12.8. The molecule has 23 heavy (non-hydrogen) atoms. The van der Waals surface area contributed by atoms with Gasteiger partial charge in [0.1, 0.15) is 5.69 Å². The maximum absolute atomic E-state index is 12.4. The number of aromatic nitrogens is 1. The van der Waals surface area contributed by atoms with Gasteiger partial charge >= 0.3 is 5.97 Å². The highest BCUT2D eigenvalue weighted by Crippen LogP contribution is 2.28. The van der Waals surface area contributed by atoms with E-state index in [1.807, 2.05) is 0 Å². The Labute approximate surface area is 136 Å². The summed E-state index contributed by atoms with van der Waals surface area (Å²) in [7, 11) is 1.10. The van der Waals surface area contributed by atoms with Gasteiger partial charge in [0, 0.05) is 12.6 Å². The number of hydrogen-bond donors (Lipinski definition) is 2. The van der Waals surface area contributed by atoms with E-state index in [0.29, 0.717) is 0 Å². The van der Waals surface area contributed by atoms with Crippen LogP contribution in [0.5, 0.6) is 0 Å². The first-order valence-corrected chi connectivity index (χ1v) is 6.90. The number of nitrogens with zero attached hydrogens (tertiary/aromatic N) is 2. The molecule has 1 aliphatic rings. The fraction of sp³-hybridized carbons (Fsp3) is 0.286. The number of rotatable bonds is 4. The smallest absolute Gasteiger partial charge is 0.334 e. The Bertz CT molecular complexity index is 715. The van der Waals surface area contributed by atoms with E-state index in [9.17, 15) is 19.6 Å². The Morgan fingerprint density at radius 3 is 2.83 bits per heavy atom. The van der Waals surface area contributed by atoms with Gasteiger partial charge in [-0.2, -0.15) is 5.26 Å². The van der Waals surface area contributed by atoms with Crippen LogP contribution in [-0.2, 0) is 14.3 Å². The van der Waals surface area contributed by atoms with Gasteiger partial charge in [-0.05, 0) is 24.4 Å². The van der Waals surface area contributed by atoms with Crippen LogP contribution < -0.4 is 10.6 Å². The molecule has 0 bridgehead atoms. The summed E-state index contributed by atoms with van der Waals surface area (Å²) in [6.45, 7) is 0. The largest absolute Gasteiger partial charge is 0.467 e. The van der Waals surface area contributed by atoms with Crippen LogP contribution in [0.3, 0.4) is 0 Å². The number of thiocarbonyl (C=S) groups is 1. The summed E-state index contributed by atoms with van der Waals surface area (Å²) in [5, 5.41) is 13.9. The SMILES string of the molecule is COC(=O)C1(CC(=O)c2ccccn2)NC(=S)NC(=O)C1C#N. The number of nitrogens with one attached hydrogen (secondary N) is 2. The van der Waals surface area contributed by atoms with Crippen molar-refractivity contribution >= 4 is 35.0 Å². The highest BCUT2D eigenvalue weighted by atomic mass is 32.1. The average molecular weight is 332 g/mol. The van der Waals surface area contributed by atoms with Crippen LogP contribution in [0, 0.1) is 17.2 Å². The lowest BCUT2D eigenvalue weighted by Gasteiger charge is -2.38. The summed E-state index contributed by atoms with van der Waals surface area (Å²) < 4.78 is 4.69. The molecule has 0 aromatic carbocycles. The van der Waals surface area contributed by atoms with Gasteiger partial charge < -0.3 is 15.4 Å². The summed E-state index contributed by atoms with van der Waals surface area (Å²) >= 11 is 4.88. The summed E-state index contributed by atoms with van der Waals surface area (Å²) in [6.07, 6.45) is 0.925. The van der Waals surface area contributed by atoms with Crippen LogP contribution in [0.4, 0.5) is 0 Å². The molecule has 8 nitrogen and oxygen atoms in total. The van der Waals surface area contributed by atoms with Gasteiger partial charge in [-0.1, -0.05) is 6.07 Å². The quantitative estimate of drug-likeness (QED) is 0.438. The lowest BCUT2D eigenvalue weighted by Crippen LogP contribution is -2.70. The number of esters is 1. The molecule has 1 fully saturated rings. The summed E-state index contributed by atoms with van der Waals surface area (Å²) in [4.78, 5) is 40.6. The van der Waals surface area contributed by atoms with Crippen LogP contribution in [0.1, 0.15) is 16.9 Å². The minimum atomic E-state index is -1.89. The number of ketones is 1. The number of pyridine rings is 1.